The maximum Gasteiger partial charge on any atom is 0.259 e. The minimum atomic E-state index is -0.939. The zero-order valence-corrected chi connectivity index (χ0v) is 10.6. The molecule has 0 atom stereocenters. The highest BCUT2D eigenvalue weighted by Crippen LogP contribution is 2.20. The molecular weight excluding hydrogens is 299 g/mol. The van der Waals surface area contributed by atoms with Crippen LogP contribution in [-0.4, -0.2) is 16.1 Å². The molecule has 2 aromatic rings. The van der Waals surface area contributed by atoms with Gasteiger partial charge in [-0.05, 0) is 24.3 Å². The third kappa shape index (κ3) is 3.15. The summed E-state index contributed by atoms with van der Waals surface area (Å²) >= 11 is 10.9. The molecule has 0 spiro atoms. The van der Waals surface area contributed by atoms with E-state index in [-0.39, 0.29) is 11.0 Å². The van der Waals surface area contributed by atoms with Gasteiger partial charge in [0.25, 0.3) is 5.91 Å². The Morgan fingerprint density at radius 1 is 1.11 bits per heavy atom. The zero-order valence-electron chi connectivity index (χ0n) is 9.12. The maximum absolute atomic E-state index is 13.5. The minimum absolute atomic E-state index is 0.0594. The van der Waals surface area contributed by atoms with Crippen molar-refractivity contribution in [3.8, 4) is 0 Å². The van der Waals surface area contributed by atoms with Gasteiger partial charge in [-0.1, -0.05) is 23.2 Å². The van der Waals surface area contributed by atoms with Crippen LogP contribution in [0.1, 0.15) is 10.4 Å². The number of halogens is 4. The van der Waals surface area contributed by atoms with Gasteiger partial charge in [0, 0.05) is 0 Å². The number of rotatable bonds is 2. The van der Waals surface area contributed by atoms with E-state index >= 15 is 0 Å². The quantitative estimate of drug-likeness (QED) is 0.866. The molecule has 98 valence electrons. The summed E-state index contributed by atoms with van der Waals surface area (Å²) in [6.45, 7) is 0. The molecule has 1 N–H and O–H groups in total. The molecule has 0 fully saturated rings. The highest BCUT2D eigenvalue weighted by molar-refractivity contribution is 6.31. The van der Waals surface area contributed by atoms with Gasteiger partial charge in [0.05, 0.1) is 10.6 Å². The van der Waals surface area contributed by atoms with E-state index in [0.717, 1.165) is 6.07 Å². The lowest BCUT2D eigenvalue weighted by molar-refractivity contribution is 0.102. The highest BCUT2D eigenvalue weighted by Gasteiger charge is 2.16. The van der Waals surface area contributed by atoms with Crippen molar-refractivity contribution in [2.45, 2.75) is 0 Å². The van der Waals surface area contributed by atoms with Gasteiger partial charge in [-0.2, -0.15) is 0 Å². The summed E-state index contributed by atoms with van der Waals surface area (Å²) in [7, 11) is 0. The molecule has 0 aliphatic carbocycles. The summed E-state index contributed by atoms with van der Waals surface area (Å²) in [6.07, 6.45) is 0. The Kier molecular flexibility index (Phi) is 3.92. The fourth-order valence-electron chi connectivity index (χ4n) is 1.26. The molecule has 1 heterocycles. The lowest BCUT2D eigenvalue weighted by Gasteiger charge is -2.05. The first-order valence-corrected chi connectivity index (χ1v) is 5.68. The van der Waals surface area contributed by atoms with Crippen LogP contribution in [0.2, 0.25) is 10.2 Å². The summed E-state index contributed by atoms with van der Waals surface area (Å²) in [5.41, 5.74) is -0.487. The molecule has 0 saturated carbocycles. The number of hydrogen-bond donors (Lipinski definition) is 1. The number of nitrogens with zero attached hydrogens (tertiary/aromatic N) is 2. The largest absolute Gasteiger partial charge is 0.305 e. The summed E-state index contributed by atoms with van der Waals surface area (Å²) in [6, 6.07) is 4.19. The molecule has 0 saturated heterocycles. The zero-order chi connectivity index (χ0) is 14.0. The standard InChI is InChI=1S/C11H5Cl2F2N3O/c12-6-4-7(14)5(3-8(6)15)11(19)16-10-2-1-9(13)17-18-10/h1-4H,(H,16,18,19). The van der Waals surface area contributed by atoms with Gasteiger partial charge >= 0.3 is 0 Å². The Morgan fingerprint density at radius 2 is 1.84 bits per heavy atom. The van der Waals surface area contributed by atoms with E-state index in [4.69, 9.17) is 23.2 Å². The Labute approximate surface area is 116 Å². The lowest BCUT2D eigenvalue weighted by atomic mass is 10.2. The number of benzene rings is 1. The molecule has 1 aromatic carbocycles. The van der Waals surface area contributed by atoms with Crippen LogP contribution in [0.5, 0.6) is 0 Å². The van der Waals surface area contributed by atoms with Gasteiger partial charge in [-0.15, -0.1) is 10.2 Å². The monoisotopic (exact) mass is 303 g/mol. The number of anilines is 1. The molecule has 0 aliphatic heterocycles. The summed E-state index contributed by atoms with van der Waals surface area (Å²) in [4.78, 5) is 11.7. The molecule has 19 heavy (non-hydrogen) atoms. The third-order valence-electron chi connectivity index (χ3n) is 2.13. The van der Waals surface area contributed by atoms with Crippen molar-refractivity contribution in [1.82, 2.24) is 10.2 Å². The Hall–Kier alpha value is -1.79. The number of nitrogens with one attached hydrogen (secondary N) is 1. The number of amides is 1. The first kappa shape index (κ1) is 13.6. The molecule has 0 aliphatic rings. The Bertz CT molecular complexity index is 635. The summed E-state index contributed by atoms with van der Waals surface area (Å²) in [5.74, 6) is -2.64. The second-order valence-electron chi connectivity index (χ2n) is 3.44. The van der Waals surface area contributed by atoms with Crippen LogP contribution in [0, 0.1) is 11.6 Å². The first-order valence-electron chi connectivity index (χ1n) is 4.92. The van der Waals surface area contributed by atoms with Crippen molar-refractivity contribution in [1.29, 1.82) is 0 Å². The number of hydrogen-bond acceptors (Lipinski definition) is 3. The summed E-state index contributed by atoms with van der Waals surface area (Å²) < 4.78 is 26.7. The SMILES string of the molecule is O=C(Nc1ccc(Cl)nn1)c1cc(F)c(Cl)cc1F. The van der Waals surface area contributed by atoms with Gasteiger partial charge in [0.1, 0.15) is 11.6 Å². The fourth-order valence-corrected chi connectivity index (χ4v) is 1.51. The van der Waals surface area contributed by atoms with Crippen molar-refractivity contribution < 1.29 is 13.6 Å². The van der Waals surface area contributed by atoms with Gasteiger partial charge in [-0.25, -0.2) is 8.78 Å². The lowest BCUT2D eigenvalue weighted by Crippen LogP contribution is -2.15. The van der Waals surface area contributed by atoms with Crippen LogP contribution in [-0.2, 0) is 0 Å². The number of aromatic nitrogens is 2. The predicted molar refractivity (Wildman–Crippen MR) is 66.4 cm³/mol. The molecule has 1 aromatic heterocycles. The van der Waals surface area contributed by atoms with Crippen molar-refractivity contribution in [2.24, 2.45) is 0 Å². The van der Waals surface area contributed by atoms with Crippen LogP contribution in [0.15, 0.2) is 24.3 Å². The van der Waals surface area contributed by atoms with E-state index in [0.29, 0.717) is 6.07 Å². The smallest absolute Gasteiger partial charge is 0.259 e. The predicted octanol–water partition coefficient (Wildman–Crippen LogP) is 3.31. The average molecular weight is 304 g/mol. The minimum Gasteiger partial charge on any atom is -0.305 e. The average Bonchev–Trinajstić information content (AvgIpc) is 2.36. The number of carbonyl (C=O) groups is 1. The maximum atomic E-state index is 13.5. The van der Waals surface area contributed by atoms with E-state index in [2.05, 4.69) is 15.5 Å². The molecule has 2 rings (SSSR count). The molecule has 4 nitrogen and oxygen atoms in total. The molecule has 0 bridgehead atoms. The van der Waals surface area contributed by atoms with Crippen LogP contribution >= 0.6 is 23.2 Å². The van der Waals surface area contributed by atoms with Crippen molar-refractivity contribution in [3.63, 3.8) is 0 Å². The van der Waals surface area contributed by atoms with Crippen LogP contribution < -0.4 is 5.32 Å². The highest BCUT2D eigenvalue weighted by atomic mass is 35.5. The van der Waals surface area contributed by atoms with Crippen LogP contribution in [0.4, 0.5) is 14.6 Å². The second kappa shape index (κ2) is 5.46. The van der Waals surface area contributed by atoms with Crippen molar-refractivity contribution in [2.75, 3.05) is 5.32 Å². The second-order valence-corrected chi connectivity index (χ2v) is 4.24. The van der Waals surface area contributed by atoms with E-state index in [1.165, 1.54) is 12.1 Å². The molecule has 1 amide bonds. The Morgan fingerprint density at radius 3 is 2.47 bits per heavy atom. The normalized spacial score (nSPS) is 10.3. The topological polar surface area (TPSA) is 54.9 Å². The van der Waals surface area contributed by atoms with Gasteiger partial charge in [0.15, 0.2) is 11.0 Å². The van der Waals surface area contributed by atoms with Crippen molar-refractivity contribution >= 4 is 34.9 Å². The van der Waals surface area contributed by atoms with Crippen molar-refractivity contribution in [3.05, 3.63) is 51.6 Å². The van der Waals surface area contributed by atoms with Crippen LogP contribution in [0.3, 0.4) is 0 Å². The van der Waals surface area contributed by atoms with Crippen LogP contribution in [0.25, 0.3) is 0 Å². The first-order chi connectivity index (χ1) is 8.97. The molecule has 8 heteroatoms. The third-order valence-corrected chi connectivity index (χ3v) is 2.62. The molecular formula is C11H5Cl2F2N3O. The molecule has 0 radical (unpaired) electrons. The number of carbonyl (C=O) groups excluding carboxylic acids is 1. The Balaban J connectivity index is 2.25. The van der Waals surface area contributed by atoms with E-state index in [9.17, 15) is 13.6 Å². The van der Waals surface area contributed by atoms with E-state index in [1.54, 1.807) is 0 Å². The molecule has 0 unspecified atom stereocenters. The van der Waals surface area contributed by atoms with Gasteiger partial charge < -0.3 is 5.32 Å². The summed E-state index contributed by atoms with van der Waals surface area (Å²) in [5, 5.41) is 9.04. The van der Waals surface area contributed by atoms with E-state index in [1.807, 2.05) is 0 Å². The van der Waals surface area contributed by atoms with E-state index < -0.39 is 28.1 Å². The fraction of sp³-hybridized carbons (Fsp3) is 0. The van der Waals surface area contributed by atoms with Gasteiger partial charge in [-0.3, -0.25) is 4.79 Å². The van der Waals surface area contributed by atoms with Gasteiger partial charge in [0.2, 0.25) is 0 Å².